The molecule has 0 unspecified atom stereocenters. The van der Waals surface area contributed by atoms with Gasteiger partial charge in [-0.3, -0.25) is 0 Å². The lowest BCUT2D eigenvalue weighted by atomic mass is 10.2. The van der Waals surface area contributed by atoms with Crippen molar-refractivity contribution in [3.05, 3.63) is 22.2 Å². The molecule has 0 fully saturated rings. The first kappa shape index (κ1) is 14.7. The van der Waals surface area contributed by atoms with Gasteiger partial charge in [0.25, 0.3) is 8.32 Å². The van der Waals surface area contributed by atoms with E-state index in [9.17, 15) is 0 Å². The van der Waals surface area contributed by atoms with Crippen molar-refractivity contribution < 1.29 is 4.43 Å². The topological polar surface area (TPSA) is 35.2 Å². The van der Waals surface area contributed by atoms with Crippen LogP contribution in [0.3, 0.4) is 0 Å². The maximum atomic E-state index is 6.14. The van der Waals surface area contributed by atoms with Crippen LogP contribution in [0.15, 0.2) is 12.1 Å². The van der Waals surface area contributed by atoms with Gasteiger partial charge in [0.1, 0.15) is 10.8 Å². The van der Waals surface area contributed by atoms with E-state index in [2.05, 4.69) is 33.9 Å². The van der Waals surface area contributed by atoms with Gasteiger partial charge >= 0.3 is 0 Å². The van der Waals surface area contributed by atoms with Crippen molar-refractivity contribution >= 4 is 37.2 Å². The Hall–Kier alpha value is -0.383. The summed E-state index contributed by atoms with van der Waals surface area (Å²) in [5.41, 5.74) is 6.16. The summed E-state index contributed by atoms with van der Waals surface area (Å²) in [6, 6.07) is 3.49. The molecule has 0 spiro atoms. The molecular formula is C12H19Cl2NOSi. The van der Waals surface area contributed by atoms with Gasteiger partial charge in [0.05, 0.1) is 10.7 Å². The highest BCUT2D eigenvalue weighted by atomic mass is 35.5. The first-order chi connectivity index (χ1) is 7.56. The molecule has 2 nitrogen and oxygen atoms in total. The molecule has 1 aromatic rings. The Morgan fingerprint density at radius 3 is 2.18 bits per heavy atom. The second-order valence-corrected chi connectivity index (χ2v) is 11.1. The van der Waals surface area contributed by atoms with E-state index < -0.39 is 8.32 Å². The Morgan fingerprint density at radius 1 is 1.18 bits per heavy atom. The smallest absolute Gasteiger partial charge is 0.250 e. The summed E-state index contributed by atoms with van der Waals surface area (Å²) in [4.78, 5) is 0. The molecule has 0 aliphatic heterocycles. The number of rotatable bonds is 2. The Kier molecular flexibility index (Phi) is 4.07. The SMILES string of the molecule is CC(C)(C)[Si](C)(C)Oc1ccc(Cl)c(N)c1Cl. The Labute approximate surface area is 114 Å². The van der Waals surface area contributed by atoms with Crippen LogP contribution >= 0.6 is 23.2 Å². The minimum atomic E-state index is -1.90. The Morgan fingerprint density at radius 2 is 1.71 bits per heavy atom. The highest BCUT2D eigenvalue weighted by Gasteiger charge is 2.39. The zero-order chi connectivity index (χ0) is 13.4. The molecule has 0 aliphatic carbocycles. The highest BCUT2D eigenvalue weighted by Crippen LogP contribution is 2.41. The maximum absolute atomic E-state index is 6.14. The molecule has 96 valence electrons. The normalized spacial score (nSPS) is 12.6. The fourth-order valence-electron chi connectivity index (χ4n) is 1.06. The van der Waals surface area contributed by atoms with Crippen LogP contribution in [0.5, 0.6) is 5.75 Å². The van der Waals surface area contributed by atoms with Gasteiger partial charge in [-0.2, -0.15) is 0 Å². The summed E-state index contributed by atoms with van der Waals surface area (Å²) < 4.78 is 6.10. The zero-order valence-corrected chi connectivity index (χ0v) is 13.4. The predicted molar refractivity (Wildman–Crippen MR) is 78.7 cm³/mol. The third-order valence-electron chi connectivity index (χ3n) is 3.26. The van der Waals surface area contributed by atoms with Crippen LogP contribution in [0.25, 0.3) is 0 Å². The van der Waals surface area contributed by atoms with Gasteiger partial charge in [0.2, 0.25) is 0 Å². The van der Waals surface area contributed by atoms with Crippen molar-refractivity contribution in [2.75, 3.05) is 5.73 Å². The third kappa shape index (κ3) is 3.09. The quantitative estimate of drug-likeness (QED) is 0.617. The first-order valence-corrected chi connectivity index (χ1v) is 9.15. The van der Waals surface area contributed by atoms with Gasteiger partial charge in [-0.25, -0.2) is 0 Å². The highest BCUT2D eigenvalue weighted by molar-refractivity contribution is 6.74. The molecular weight excluding hydrogens is 273 g/mol. The molecule has 0 saturated carbocycles. The van der Waals surface area contributed by atoms with E-state index in [1.54, 1.807) is 12.1 Å². The minimum absolute atomic E-state index is 0.116. The number of nitrogen functional groups attached to an aromatic ring is 1. The molecule has 2 N–H and O–H groups in total. The summed E-state index contributed by atoms with van der Waals surface area (Å²) in [7, 11) is -1.90. The van der Waals surface area contributed by atoms with E-state index in [-0.39, 0.29) is 5.04 Å². The van der Waals surface area contributed by atoms with E-state index in [1.165, 1.54) is 0 Å². The molecule has 1 aromatic carbocycles. The molecule has 1 rings (SSSR count). The monoisotopic (exact) mass is 291 g/mol. The molecule has 0 aliphatic rings. The third-order valence-corrected chi connectivity index (χ3v) is 8.32. The number of anilines is 1. The summed E-state index contributed by atoms with van der Waals surface area (Å²) in [5.74, 6) is 0.625. The molecule has 0 bridgehead atoms. The summed E-state index contributed by atoms with van der Waals surface area (Å²) in [6.07, 6.45) is 0. The van der Waals surface area contributed by atoms with Crippen molar-refractivity contribution in [1.29, 1.82) is 0 Å². The number of hydrogen-bond donors (Lipinski definition) is 1. The second-order valence-electron chi connectivity index (χ2n) is 5.64. The predicted octanol–water partition coefficient (Wildman–Crippen LogP) is 4.96. The van der Waals surface area contributed by atoms with E-state index >= 15 is 0 Å². The van der Waals surface area contributed by atoms with Crippen LogP contribution in [0.1, 0.15) is 20.8 Å². The Bertz CT molecular complexity index is 427. The lowest BCUT2D eigenvalue weighted by Gasteiger charge is -2.36. The van der Waals surface area contributed by atoms with Crippen LogP contribution in [0.4, 0.5) is 5.69 Å². The summed E-state index contributed by atoms with van der Waals surface area (Å²) >= 11 is 12.0. The lowest BCUT2D eigenvalue weighted by molar-refractivity contribution is 0.492. The van der Waals surface area contributed by atoms with E-state index in [4.69, 9.17) is 33.4 Å². The van der Waals surface area contributed by atoms with Crippen LogP contribution in [0, 0.1) is 0 Å². The lowest BCUT2D eigenvalue weighted by Crippen LogP contribution is -2.43. The number of nitrogens with two attached hydrogens (primary N) is 1. The minimum Gasteiger partial charge on any atom is -0.542 e. The van der Waals surface area contributed by atoms with Gasteiger partial charge in [-0.05, 0) is 30.3 Å². The van der Waals surface area contributed by atoms with Crippen molar-refractivity contribution in [2.45, 2.75) is 38.9 Å². The number of benzene rings is 1. The second kappa shape index (κ2) is 4.71. The molecule has 0 atom stereocenters. The van der Waals surface area contributed by atoms with E-state index in [1.807, 2.05) is 0 Å². The molecule has 0 heterocycles. The van der Waals surface area contributed by atoms with Crippen LogP contribution < -0.4 is 10.2 Å². The van der Waals surface area contributed by atoms with Gasteiger partial charge < -0.3 is 10.2 Å². The zero-order valence-electron chi connectivity index (χ0n) is 10.9. The van der Waals surface area contributed by atoms with Crippen LogP contribution in [0.2, 0.25) is 28.2 Å². The molecule has 0 radical (unpaired) electrons. The molecule has 0 aromatic heterocycles. The van der Waals surface area contributed by atoms with Crippen LogP contribution in [-0.2, 0) is 0 Å². The Balaban J connectivity index is 3.09. The molecule has 0 saturated heterocycles. The van der Waals surface area contributed by atoms with Gasteiger partial charge in [-0.1, -0.05) is 44.0 Å². The summed E-state index contributed by atoms with van der Waals surface area (Å²) in [6.45, 7) is 10.8. The molecule has 0 amide bonds. The van der Waals surface area contributed by atoms with Gasteiger partial charge in [-0.15, -0.1) is 0 Å². The fraction of sp³-hybridized carbons (Fsp3) is 0.500. The first-order valence-electron chi connectivity index (χ1n) is 5.49. The van der Waals surface area contributed by atoms with Gasteiger partial charge in [0, 0.05) is 0 Å². The fourth-order valence-corrected chi connectivity index (χ4v) is 2.56. The maximum Gasteiger partial charge on any atom is 0.250 e. The van der Waals surface area contributed by atoms with Crippen molar-refractivity contribution in [3.8, 4) is 5.75 Å². The molecule has 5 heteroatoms. The van der Waals surface area contributed by atoms with Crippen LogP contribution in [-0.4, -0.2) is 8.32 Å². The average molecular weight is 292 g/mol. The largest absolute Gasteiger partial charge is 0.542 e. The van der Waals surface area contributed by atoms with E-state index in [0.717, 1.165) is 0 Å². The standard InChI is InChI=1S/C12H19Cl2NOSi/c1-12(2,3)17(4,5)16-9-7-6-8(13)11(15)10(9)14/h6-7H,15H2,1-5H3. The summed E-state index contributed by atoms with van der Waals surface area (Å²) in [5, 5.41) is 0.977. The number of halogens is 2. The average Bonchev–Trinajstić information content (AvgIpc) is 2.17. The van der Waals surface area contributed by atoms with Gasteiger partial charge in [0.15, 0.2) is 0 Å². The number of hydrogen-bond acceptors (Lipinski definition) is 2. The van der Waals surface area contributed by atoms with E-state index in [0.29, 0.717) is 21.5 Å². The molecule has 17 heavy (non-hydrogen) atoms. The van der Waals surface area contributed by atoms with Crippen molar-refractivity contribution in [2.24, 2.45) is 0 Å². The van der Waals surface area contributed by atoms with Crippen molar-refractivity contribution in [3.63, 3.8) is 0 Å². The van der Waals surface area contributed by atoms with Crippen molar-refractivity contribution in [1.82, 2.24) is 0 Å².